The van der Waals surface area contributed by atoms with Crippen molar-refractivity contribution in [2.45, 2.75) is 40.5 Å². The molecule has 0 aliphatic rings. The van der Waals surface area contributed by atoms with Gasteiger partial charge in [-0.1, -0.05) is 24.3 Å². The van der Waals surface area contributed by atoms with Crippen LogP contribution in [-0.2, 0) is 26.2 Å². The molecule has 0 atom stereocenters. The monoisotopic (exact) mass is 388 g/mol. The van der Waals surface area contributed by atoms with E-state index in [2.05, 4.69) is 13.8 Å². The van der Waals surface area contributed by atoms with E-state index >= 15 is 0 Å². The summed E-state index contributed by atoms with van der Waals surface area (Å²) >= 11 is 0. The average Bonchev–Trinajstić information content (AvgIpc) is 2.51. The summed E-state index contributed by atoms with van der Waals surface area (Å²) in [6.07, 6.45) is 1.92. The molecule has 2 aromatic carbocycles. The number of rotatable bonds is 2. The van der Waals surface area contributed by atoms with Gasteiger partial charge in [0.05, 0.1) is 0 Å². The molecule has 0 fully saturated rings. The second-order valence-corrected chi connectivity index (χ2v) is 5.55. The molecular formula is C20H26O2Zr. The summed E-state index contributed by atoms with van der Waals surface area (Å²) in [5.74, 6) is 0.498. The van der Waals surface area contributed by atoms with Crippen LogP contribution in [0.15, 0.2) is 24.3 Å². The van der Waals surface area contributed by atoms with E-state index in [9.17, 15) is 10.2 Å². The van der Waals surface area contributed by atoms with E-state index in [1.165, 1.54) is 0 Å². The number of phenols is 2. The molecule has 122 valence electrons. The smallest absolute Gasteiger partial charge is 0.507 e. The van der Waals surface area contributed by atoms with Crippen molar-refractivity contribution in [2.75, 3.05) is 0 Å². The van der Waals surface area contributed by atoms with Crippen LogP contribution in [0.4, 0.5) is 0 Å². The van der Waals surface area contributed by atoms with Crippen molar-refractivity contribution in [3.05, 3.63) is 60.4 Å². The van der Waals surface area contributed by atoms with Crippen molar-refractivity contribution in [2.24, 2.45) is 0 Å². The molecule has 0 heterocycles. The zero-order valence-corrected chi connectivity index (χ0v) is 17.0. The van der Waals surface area contributed by atoms with Gasteiger partial charge in [0.25, 0.3) is 0 Å². The van der Waals surface area contributed by atoms with Crippen molar-refractivity contribution in [3.63, 3.8) is 0 Å². The number of phenolic OH excluding ortho intramolecular Hbond substituents is 2. The predicted molar refractivity (Wildman–Crippen MR) is 94.1 cm³/mol. The fraction of sp³-hybridized carbons (Fsp3) is 0.300. The van der Waals surface area contributed by atoms with Crippen LogP contribution in [0.5, 0.6) is 11.5 Å². The Labute approximate surface area is 159 Å². The van der Waals surface area contributed by atoms with Crippen molar-refractivity contribution in [1.29, 1.82) is 0 Å². The molecule has 3 heteroatoms. The quantitative estimate of drug-likeness (QED) is 0.672. The molecule has 0 spiro atoms. The minimum absolute atomic E-state index is 0. The molecule has 2 aromatic rings. The number of benzene rings is 2. The predicted octanol–water partition coefficient (Wildman–Crippen LogP) is 5.43. The standard InChI is InChI=1S/C16H18O2.C4H8.Zr/c1-9-5-7-11(3)15(17)13(9)14-10(2)6-8-12(4)16(14)18;1-3-4-2;/h5-8,17-18H,1-4H3;1-4H2;/q;-2;+2. The Morgan fingerprint density at radius 2 is 0.913 bits per heavy atom. The van der Waals surface area contributed by atoms with Crippen LogP contribution in [0.2, 0.25) is 0 Å². The molecule has 0 saturated heterocycles. The first-order chi connectivity index (χ1) is 10.3. The Morgan fingerprint density at radius 3 is 1.17 bits per heavy atom. The molecule has 0 amide bonds. The van der Waals surface area contributed by atoms with E-state index in [0.717, 1.165) is 46.2 Å². The first kappa shape index (κ1) is 21.9. The van der Waals surface area contributed by atoms with Crippen molar-refractivity contribution >= 4 is 0 Å². The van der Waals surface area contributed by atoms with E-state index in [-0.39, 0.29) is 37.7 Å². The number of aromatic hydroxyl groups is 2. The normalized spacial score (nSPS) is 9.65. The number of hydrogen-bond acceptors (Lipinski definition) is 2. The largest absolute Gasteiger partial charge is 2.00 e. The summed E-state index contributed by atoms with van der Waals surface area (Å²) in [4.78, 5) is 0. The number of aryl methyl sites for hydroxylation is 4. The van der Waals surface area contributed by atoms with Gasteiger partial charge in [0.15, 0.2) is 0 Å². The molecule has 0 radical (unpaired) electrons. The summed E-state index contributed by atoms with van der Waals surface area (Å²) < 4.78 is 0. The molecule has 0 aromatic heterocycles. The van der Waals surface area contributed by atoms with Crippen molar-refractivity contribution in [1.82, 2.24) is 0 Å². The minimum Gasteiger partial charge on any atom is -0.507 e. The summed E-state index contributed by atoms with van der Waals surface area (Å²) in [6, 6.07) is 7.70. The maximum atomic E-state index is 10.3. The SMILES string of the molecule is Cc1ccc(C)c(-c2c(C)ccc(C)c2O)c1O.[CH2-]CC[CH2-].[Zr+2]. The van der Waals surface area contributed by atoms with Gasteiger partial charge in [0, 0.05) is 11.1 Å². The Morgan fingerprint density at radius 1 is 0.652 bits per heavy atom. The number of unbranched alkanes of at least 4 members (excludes halogenated alkanes) is 1. The Bertz CT molecular complexity index is 591. The van der Waals surface area contributed by atoms with Crippen molar-refractivity contribution in [3.8, 4) is 22.6 Å². The second-order valence-electron chi connectivity index (χ2n) is 5.55. The molecule has 0 aliphatic carbocycles. The first-order valence-corrected chi connectivity index (χ1v) is 7.52. The van der Waals surface area contributed by atoms with E-state index < -0.39 is 0 Å². The third kappa shape index (κ3) is 5.21. The molecule has 0 aliphatic heterocycles. The fourth-order valence-corrected chi connectivity index (χ4v) is 2.22. The Hall–Kier alpha value is -1.08. The number of hydrogen-bond donors (Lipinski definition) is 2. The van der Waals surface area contributed by atoms with Gasteiger partial charge >= 0.3 is 26.2 Å². The summed E-state index contributed by atoms with van der Waals surface area (Å²) in [6.45, 7) is 14.7. The van der Waals surface area contributed by atoms with Crippen LogP contribution >= 0.6 is 0 Å². The topological polar surface area (TPSA) is 40.5 Å². The van der Waals surface area contributed by atoms with Gasteiger partial charge in [-0.2, -0.15) is 0 Å². The molecule has 23 heavy (non-hydrogen) atoms. The minimum atomic E-state index is 0. The molecule has 2 rings (SSSR count). The van der Waals surface area contributed by atoms with Crippen LogP contribution in [-0.4, -0.2) is 10.2 Å². The molecule has 2 nitrogen and oxygen atoms in total. The average molecular weight is 390 g/mol. The van der Waals surface area contributed by atoms with Crippen LogP contribution in [0, 0.1) is 41.5 Å². The maximum absolute atomic E-state index is 10.3. The van der Waals surface area contributed by atoms with Crippen LogP contribution < -0.4 is 0 Å². The molecule has 0 bridgehead atoms. The van der Waals surface area contributed by atoms with Gasteiger partial charge in [-0.15, -0.1) is 0 Å². The summed E-state index contributed by atoms with van der Waals surface area (Å²) in [7, 11) is 0. The maximum Gasteiger partial charge on any atom is 2.00 e. The van der Waals surface area contributed by atoms with E-state index in [4.69, 9.17) is 0 Å². The molecule has 0 unspecified atom stereocenters. The zero-order chi connectivity index (χ0) is 16.9. The summed E-state index contributed by atoms with van der Waals surface area (Å²) in [5.41, 5.74) is 5.01. The van der Waals surface area contributed by atoms with E-state index in [0.29, 0.717) is 0 Å². The van der Waals surface area contributed by atoms with E-state index in [1.807, 2.05) is 52.0 Å². The van der Waals surface area contributed by atoms with Crippen LogP contribution in [0.3, 0.4) is 0 Å². The van der Waals surface area contributed by atoms with Crippen molar-refractivity contribution < 1.29 is 36.4 Å². The second kappa shape index (κ2) is 9.93. The third-order valence-corrected chi connectivity index (χ3v) is 3.68. The van der Waals surface area contributed by atoms with Crippen LogP contribution in [0.1, 0.15) is 35.1 Å². The fourth-order valence-electron chi connectivity index (χ4n) is 2.22. The first-order valence-electron chi connectivity index (χ1n) is 7.52. The van der Waals surface area contributed by atoms with Gasteiger partial charge in [0.2, 0.25) is 0 Å². The third-order valence-electron chi connectivity index (χ3n) is 3.68. The van der Waals surface area contributed by atoms with Gasteiger partial charge in [-0.3, -0.25) is 0 Å². The molecule has 0 saturated carbocycles. The summed E-state index contributed by atoms with van der Waals surface area (Å²) in [5, 5.41) is 20.5. The molecule has 2 N–H and O–H groups in total. The zero-order valence-electron chi connectivity index (χ0n) is 14.5. The van der Waals surface area contributed by atoms with Gasteiger partial charge in [-0.25, -0.2) is 12.8 Å². The molecular weight excluding hydrogens is 363 g/mol. The van der Waals surface area contributed by atoms with Gasteiger partial charge in [-0.05, 0) is 49.9 Å². The van der Waals surface area contributed by atoms with Crippen LogP contribution in [0.25, 0.3) is 11.1 Å². The van der Waals surface area contributed by atoms with E-state index in [1.54, 1.807) is 0 Å². The van der Waals surface area contributed by atoms with Gasteiger partial charge < -0.3 is 24.1 Å². The Balaban J connectivity index is 0.000000871. The van der Waals surface area contributed by atoms with Gasteiger partial charge in [0.1, 0.15) is 11.5 Å². The Kier molecular flexibility index (Phi) is 9.46.